The van der Waals surface area contributed by atoms with Crippen LogP contribution in [0.4, 0.5) is 0 Å². The van der Waals surface area contributed by atoms with Gasteiger partial charge in [0.2, 0.25) is 0 Å². The van der Waals surface area contributed by atoms with E-state index in [1.54, 1.807) is 13.1 Å². The average Bonchev–Trinajstić information content (AvgIpc) is 3.56. The van der Waals surface area contributed by atoms with Crippen LogP contribution < -0.4 is 10.6 Å². The molecule has 0 radical (unpaired) electrons. The van der Waals surface area contributed by atoms with Crippen molar-refractivity contribution in [3.8, 4) is 0 Å². The van der Waals surface area contributed by atoms with Gasteiger partial charge in [-0.3, -0.25) is 9.59 Å². The van der Waals surface area contributed by atoms with Crippen LogP contribution in [0.3, 0.4) is 0 Å². The number of nitrogens with one attached hydrogen (secondary N) is 2. The highest BCUT2D eigenvalue weighted by atomic mass is 28.3. The number of hydrogen-bond donors (Lipinski definition) is 2. The molecule has 2 unspecified atom stereocenters. The molecular formula is C24H37N5O3Si. The van der Waals surface area contributed by atoms with E-state index in [1.807, 2.05) is 10.8 Å². The molecule has 0 bridgehead atoms. The number of carbonyl (C=O) groups is 2. The van der Waals surface area contributed by atoms with Crippen molar-refractivity contribution in [1.82, 2.24) is 25.2 Å². The maximum atomic E-state index is 13.4. The summed E-state index contributed by atoms with van der Waals surface area (Å²) in [5.41, 5.74) is 2.64. The smallest absolute Gasteiger partial charge is 0.255 e. The zero-order valence-electron chi connectivity index (χ0n) is 20.3. The van der Waals surface area contributed by atoms with Crippen molar-refractivity contribution in [2.45, 2.75) is 77.0 Å². The van der Waals surface area contributed by atoms with E-state index in [1.165, 1.54) is 0 Å². The van der Waals surface area contributed by atoms with Gasteiger partial charge in [0, 0.05) is 33.3 Å². The normalized spacial score (nSPS) is 20.1. The molecule has 9 heteroatoms. The van der Waals surface area contributed by atoms with Gasteiger partial charge in [-0.05, 0) is 51.1 Å². The van der Waals surface area contributed by atoms with Crippen molar-refractivity contribution >= 4 is 30.9 Å². The lowest BCUT2D eigenvalue weighted by molar-refractivity contribution is -0.120. The second-order valence-electron chi connectivity index (χ2n) is 10.8. The molecule has 1 aliphatic heterocycles. The summed E-state index contributed by atoms with van der Waals surface area (Å²) in [6, 6.07) is 0.573. The van der Waals surface area contributed by atoms with E-state index < -0.39 is 14.1 Å². The van der Waals surface area contributed by atoms with E-state index >= 15 is 0 Å². The van der Waals surface area contributed by atoms with Crippen molar-refractivity contribution in [1.29, 1.82) is 0 Å². The first-order chi connectivity index (χ1) is 15.7. The Morgan fingerprint density at radius 3 is 2.73 bits per heavy atom. The summed E-state index contributed by atoms with van der Waals surface area (Å²) < 4.78 is 7.80. The lowest BCUT2D eigenvalue weighted by Crippen LogP contribution is -2.49. The number of hydrogen-bond acceptors (Lipinski definition) is 6. The predicted octanol–water partition coefficient (Wildman–Crippen LogP) is 3.31. The van der Waals surface area contributed by atoms with Gasteiger partial charge in [0.15, 0.2) is 11.4 Å². The van der Waals surface area contributed by atoms with Crippen LogP contribution in [0, 0.1) is 5.92 Å². The molecule has 8 nitrogen and oxygen atoms in total. The number of carbonyl (C=O) groups excluding carboxylic acids is 2. The molecule has 4 rings (SSSR count). The summed E-state index contributed by atoms with van der Waals surface area (Å²) in [6.07, 6.45) is 7.77. The standard InChI is InChI=1S/C24H37N5O3Si/c1-16(30)21(18-6-5-9-25-12-18)28-24(31)19-14-29(15-32-10-11-33(2,3)4)23-22(19)27-20(13-26-23)17-7-8-17/h13-14,17-18,21,25H,5-12,15H2,1-4H3,(H,28,31). The fourth-order valence-electron chi connectivity index (χ4n) is 4.38. The first-order valence-electron chi connectivity index (χ1n) is 12.2. The van der Waals surface area contributed by atoms with Crippen molar-refractivity contribution in [2.24, 2.45) is 5.92 Å². The summed E-state index contributed by atoms with van der Waals surface area (Å²) in [6.45, 7) is 11.2. The Hall–Kier alpha value is -2.10. The molecule has 1 saturated carbocycles. The van der Waals surface area contributed by atoms with E-state index in [9.17, 15) is 9.59 Å². The number of Topliss-reactive ketones (excluding diaryl/α,β-unsaturated/α-hetero) is 1. The highest BCUT2D eigenvalue weighted by molar-refractivity contribution is 6.76. The van der Waals surface area contributed by atoms with E-state index in [-0.39, 0.29) is 17.6 Å². The Balaban J connectivity index is 1.57. The monoisotopic (exact) mass is 471 g/mol. The Labute approximate surface area is 196 Å². The largest absolute Gasteiger partial charge is 0.361 e. The second-order valence-corrected chi connectivity index (χ2v) is 16.4. The third kappa shape index (κ3) is 6.07. The minimum Gasteiger partial charge on any atom is -0.361 e. The SMILES string of the molecule is CC(=O)C(NC(=O)c1cn(COCC[Si](C)(C)C)c2ncc(C3CC3)nc12)C1CCCNC1. The highest BCUT2D eigenvalue weighted by Crippen LogP contribution is 2.39. The lowest BCUT2D eigenvalue weighted by atomic mass is 9.89. The van der Waals surface area contributed by atoms with Crippen LogP contribution in [0.15, 0.2) is 12.4 Å². The van der Waals surface area contributed by atoms with Gasteiger partial charge in [-0.1, -0.05) is 19.6 Å². The molecule has 0 aromatic carbocycles. The summed E-state index contributed by atoms with van der Waals surface area (Å²) in [4.78, 5) is 35.3. The predicted molar refractivity (Wildman–Crippen MR) is 131 cm³/mol. The fraction of sp³-hybridized carbons (Fsp3) is 0.667. The van der Waals surface area contributed by atoms with Crippen LogP contribution in [-0.4, -0.2) is 60.0 Å². The van der Waals surface area contributed by atoms with E-state index in [2.05, 4.69) is 35.3 Å². The Morgan fingerprint density at radius 2 is 2.09 bits per heavy atom. The third-order valence-electron chi connectivity index (χ3n) is 6.58. The van der Waals surface area contributed by atoms with Crippen LogP contribution in [0.1, 0.15) is 54.6 Å². The molecule has 2 atom stereocenters. The number of ether oxygens (including phenoxy) is 1. The van der Waals surface area contributed by atoms with Crippen LogP contribution in [0.5, 0.6) is 0 Å². The molecule has 2 aliphatic rings. The quantitative estimate of drug-likeness (QED) is 0.408. The first kappa shape index (κ1) is 24.0. The second kappa shape index (κ2) is 10.0. The van der Waals surface area contributed by atoms with Crippen molar-refractivity contribution in [2.75, 3.05) is 19.7 Å². The summed E-state index contributed by atoms with van der Waals surface area (Å²) in [7, 11) is -1.18. The van der Waals surface area contributed by atoms with Crippen LogP contribution in [0.2, 0.25) is 25.7 Å². The van der Waals surface area contributed by atoms with Gasteiger partial charge in [0.1, 0.15) is 12.2 Å². The van der Waals surface area contributed by atoms with Gasteiger partial charge in [-0.15, -0.1) is 0 Å². The number of amides is 1. The summed E-state index contributed by atoms with van der Waals surface area (Å²) in [5, 5.41) is 6.35. The number of nitrogens with zero attached hydrogens (tertiary/aromatic N) is 3. The van der Waals surface area contributed by atoms with Gasteiger partial charge < -0.3 is 19.9 Å². The van der Waals surface area contributed by atoms with Crippen LogP contribution >= 0.6 is 0 Å². The Bertz CT molecular complexity index is 1010. The molecule has 3 heterocycles. The van der Waals surface area contributed by atoms with Gasteiger partial charge >= 0.3 is 0 Å². The molecule has 2 aromatic heterocycles. The van der Waals surface area contributed by atoms with Gasteiger partial charge in [0.05, 0.1) is 23.5 Å². The van der Waals surface area contributed by atoms with E-state index in [0.29, 0.717) is 36.0 Å². The van der Waals surface area contributed by atoms with Crippen molar-refractivity contribution < 1.29 is 14.3 Å². The Morgan fingerprint density at radius 1 is 1.30 bits per heavy atom. The molecule has 1 aliphatic carbocycles. The van der Waals surface area contributed by atoms with Crippen molar-refractivity contribution in [3.63, 3.8) is 0 Å². The minimum atomic E-state index is -1.18. The highest BCUT2D eigenvalue weighted by Gasteiger charge is 2.31. The van der Waals surface area contributed by atoms with Gasteiger partial charge in [-0.25, -0.2) is 9.97 Å². The topological polar surface area (TPSA) is 98.1 Å². The molecule has 180 valence electrons. The molecule has 2 N–H and O–H groups in total. The molecule has 2 fully saturated rings. The lowest BCUT2D eigenvalue weighted by Gasteiger charge is -2.29. The van der Waals surface area contributed by atoms with Crippen molar-refractivity contribution in [3.05, 3.63) is 23.7 Å². The number of ketones is 1. The number of rotatable bonds is 10. The number of aromatic nitrogens is 3. The van der Waals surface area contributed by atoms with Gasteiger partial charge in [0.25, 0.3) is 5.91 Å². The summed E-state index contributed by atoms with van der Waals surface area (Å²) >= 11 is 0. The molecule has 33 heavy (non-hydrogen) atoms. The molecule has 1 saturated heterocycles. The maximum Gasteiger partial charge on any atom is 0.255 e. The average molecular weight is 472 g/mol. The minimum absolute atomic E-state index is 0.0137. The fourth-order valence-corrected chi connectivity index (χ4v) is 5.14. The van der Waals surface area contributed by atoms with Crippen LogP contribution in [0.25, 0.3) is 11.2 Å². The zero-order valence-corrected chi connectivity index (χ0v) is 21.3. The number of fused-ring (bicyclic) bond motifs is 1. The summed E-state index contributed by atoms with van der Waals surface area (Å²) in [5.74, 6) is 0.257. The number of piperidine rings is 1. The molecule has 2 aromatic rings. The van der Waals surface area contributed by atoms with Gasteiger partial charge in [-0.2, -0.15) is 0 Å². The molecule has 1 amide bonds. The van der Waals surface area contributed by atoms with E-state index in [4.69, 9.17) is 9.72 Å². The zero-order chi connectivity index (χ0) is 23.6. The van der Waals surface area contributed by atoms with Crippen LogP contribution in [-0.2, 0) is 16.3 Å². The first-order valence-corrected chi connectivity index (χ1v) is 15.9. The third-order valence-corrected chi connectivity index (χ3v) is 8.29. The maximum absolute atomic E-state index is 13.4. The molecular weight excluding hydrogens is 434 g/mol. The Kier molecular flexibility index (Phi) is 7.30. The van der Waals surface area contributed by atoms with E-state index in [0.717, 1.165) is 50.5 Å². The molecule has 0 spiro atoms.